The number of amides is 1. The van der Waals surface area contributed by atoms with Crippen LogP contribution < -0.4 is 11.1 Å². The molecule has 2 aromatic rings. The summed E-state index contributed by atoms with van der Waals surface area (Å²) in [5.74, 6) is -0.219. The summed E-state index contributed by atoms with van der Waals surface area (Å²) in [7, 11) is 0. The van der Waals surface area contributed by atoms with Crippen LogP contribution in [0.25, 0.3) is 0 Å². The lowest BCUT2D eigenvalue weighted by atomic mass is 10.2. The maximum atomic E-state index is 11.8. The van der Waals surface area contributed by atoms with Gasteiger partial charge in [0.25, 0.3) is 5.91 Å². The van der Waals surface area contributed by atoms with Gasteiger partial charge in [-0.2, -0.15) is 0 Å². The summed E-state index contributed by atoms with van der Waals surface area (Å²) in [5.41, 5.74) is 8.23. The molecule has 0 aliphatic rings. The Hall–Kier alpha value is -1.59. The van der Waals surface area contributed by atoms with Crippen molar-refractivity contribution in [2.75, 3.05) is 5.73 Å². The Balaban J connectivity index is 2.04. The van der Waals surface area contributed by atoms with E-state index in [-0.39, 0.29) is 5.91 Å². The molecule has 88 valence electrons. The first-order valence-corrected chi connectivity index (χ1v) is 6.13. The van der Waals surface area contributed by atoms with Crippen LogP contribution in [0.2, 0.25) is 5.02 Å². The van der Waals surface area contributed by atoms with Crippen molar-refractivity contribution in [2.45, 2.75) is 6.54 Å². The van der Waals surface area contributed by atoms with Gasteiger partial charge in [-0.3, -0.25) is 9.78 Å². The molecule has 0 aliphatic carbocycles. The van der Waals surface area contributed by atoms with Gasteiger partial charge >= 0.3 is 0 Å². The molecule has 2 rings (SSSR count). The van der Waals surface area contributed by atoms with Gasteiger partial charge in [-0.1, -0.05) is 11.6 Å². The molecule has 0 saturated carbocycles. The van der Waals surface area contributed by atoms with Crippen molar-refractivity contribution in [2.24, 2.45) is 0 Å². The van der Waals surface area contributed by atoms with E-state index in [1.807, 2.05) is 0 Å². The van der Waals surface area contributed by atoms with E-state index in [0.717, 1.165) is 4.88 Å². The maximum Gasteiger partial charge on any atom is 0.253 e. The number of benzene rings is 1. The van der Waals surface area contributed by atoms with Crippen LogP contribution in [0.1, 0.15) is 15.2 Å². The molecule has 0 unspecified atom stereocenters. The quantitative estimate of drug-likeness (QED) is 0.839. The van der Waals surface area contributed by atoms with E-state index in [0.29, 0.717) is 22.8 Å². The number of hydrogen-bond acceptors (Lipinski definition) is 4. The normalized spacial score (nSPS) is 10.2. The molecular formula is C11H10ClN3OS. The predicted molar refractivity (Wildman–Crippen MR) is 69.1 cm³/mol. The molecule has 0 fully saturated rings. The summed E-state index contributed by atoms with van der Waals surface area (Å²) in [6.07, 6.45) is 1.72. The van der Waals surface area contributed by atoms with E-state index < -0.39 is 0 Å². The smallest absolute Gasteiger partial charge is 0.253 e. The fraction of sp³-hybridized carbons (Fsp3) is 0.0909. The third-order valence-electron chi connectivity index (χ3n) is 2.14. The second-order valence-electron chi connectivity index (χ2n) is 3.39. The number of aromatic nitrogens is 1. The van der Waals surface area contributed by atoms with E-state index in [1.54, 1.807) is 29.9 Å². The summed E-state index contributed by atoms with van der Waals surface area (Å²) in [6, 6.07) is 4.82. The third-order valence-corrected chi connectivity index (χ3v) is 3.24. The summed E-state index contributed by atoms with van der Waals surface area (Å²) in [5, 5.41) is 3.12. The Morgan fingerprint density at radius 1 is 1.53 bits per heavy atom. The largest absolute Gasteiger partial charge is 0.399 e. The van der Waals surface area contributed by atoms with Crippen molar-refractivity contribution in [1.82, 2.24) is 10.3 Å². The van der Waals surface area contributed by atoms with Gasteiger partial charge in [-0.15, -0.1) is 11.3 Å². The lowest BCUT2D eigenvalue weighted by Crippen LogP contribution is -2.22. The highest BCUT2D eigenvalue weighted by atomic mass is 35.5. The molecule has 6 heteroatoms. The van der Waals surface area contributed by atoms with Gasteiger partial charge in [0.1, 0.15) is 0 Å². The fourth-order valence-corrected chi connectivity index (χ4v) is 2.12. The molecule has 0 spiro atoms. The minimum absolute atomic E-state index is 0.219. The van der Waals surface area contributed by atoms with Crippen molar-refractivity contribution in [1.29, 1.82) is 0 Å². The average Bonchev–Trinajstić information content (AvgIpc) is 2.78. The first-order chi connectivity index (χ1) is 8.16. The minimum Gasteiger partial charge on any atom is -0.399 e. The van der Waals surface area contributed by atoms with Crippen LogP contribution in [0.15, 0.2) is 29.9 Å². The van der Waals surface area contributed by atoms with Crippen LogP contribution >= 0.6 is 22.9 Å². The lowest BCUT2D eigenvalue weighted by Gasteiger charge is -2.05. The lowest BCUT2D eigenvalue weighted by molar-refractivity contribution is 0.0951. The molecule has 0 radical (unpaired) electrons. The zero-order valence-electron chi connectivity index (χ0n) is 8.81. The van der Waals surface area contributed by atoms with Crippen molar-refractivity contribution in [3.8, 4) is 0 Å². The SMILES string of the molecule is Nc1ccc(C(=O)NCc2cncs2)c(Cl)c1. The Kier molecular flexibility index (Phi) is 3.61. The molecule has 1 heterocycles. The monoisotopic (exact) mass is 267 g/mol. The second-order valence-corrected chi connectivity index (χ2v) is 4.77. The minimum atomic E-state index is -0.219. The van der Waals surface area contributed by atoms with E-state index in [1.165, 1.54) is 11.3 Å². The van der Waals surface area contributed by atoms with Crippen LogP contribution in [-0.4, -0.2) is 10.9 Å². The molecule has 1 amide bonds. The predicted octanol–water partition coefficient (Wildman–Crippen LogP) is 2.31. The number of nitrogens with zero attached hydrogens (tertiary/aromatic N) is 1. The van der Waals surface area contributed by atoms with Gasteiger partial charge in [-0.25, -0.2) is 0 Å². The maximum absolute atomic E-state index is 11.8. The van der Waals surface area contributed by atoms with Gasteiger partial charge in [0.15, 0.2) is 0 Å². The summed E-state index contributed by atoms with van der Waals surface area (Å²) < 4.78 is 0. The van der Waals surface area contributed by atoms with Crippen LogP contribution in [0.5, 0.6) is 0 Å². The van der Waals surface area contributed by atoms with Gasteiger partial charge < -0.3 is 11.1 Å². The zero-order valence-corrected chi connectivity index (χ0v) is 10.4. The Bertz CT molecular complexity index is 528. The van der Waals surface area contributed by atoms with E-state index in [4.69, 9.17) is 17.3 Å². The Morgan fingerprint density at radius 3 is 3.00 bits per heavy atom. The van der Waals surface area contributed by atoms with Gasteiger partial charge in [-0.05, 0) is 18.2 Å². The first-order valence-electron chi connectivity index (χ1n) is 4.87. The third kappa shape index (κ3) is 2.95. The summed E-state index contributed by atoms with van der Waals surface area (Å²) >= 11 is 7.42. The number of thiazole rings is 1. The zero-order chi connectivity index (χ0) is 12.3. The highest BCUT2D eigenvalue weighted by Gasteiger charge is 2.10. The number of rotatable bonds is 3. The average molecular weight is 268 g/mol. The van der Waals surface area contributed by atoms with Crippen LogP contribution in [0, 0.1) is 0 Å². The van der Waals surface area contributed by atoms with Crippen molar-refractivity contribution >= 4 is 34.5 Å². The molecular weight excluding hydrogens is 258 g/mol. The van der Waals surface area contributed by atoms with Crippen LogP contribution in [0.3, 0.4) is 0 Å². The van der Waals surface area contributed by atoms with Gasteiger partial charge in [0.2, 0.25) is 0 Å². The van der Waals surface area contributed by atoms with Crippen LogP contribution in [0.4, 0.5) is 5.69 Å². The van der Waals surface area contributed by atoms with Crippen molar-refractivity contribution in [3.05, 3.63) is 45.4 Å². The highest BCUT2D eigenvalue weighted by Crippen LogP contribution is 2.19. The highest BCUT2D eigenvalue weighted by molar-refractivity contribution is 7.09. The van der Waals surface area contributed by atoms with Gasteiger partial charge in [0, 0.05) is 16.8 Å². The fourth-order valence-electron chi connectivity index (χ4n) is 1.31. The number of nitrogen functional groups attached to an aromatic ring is 1. The van der Waals surface area contributed by atoms with Gasteiger partial charge in [0.05, 0.1) is 22.6 Å². The molecule has 0 aliphatic heterocycles. The number of halogens is 1. The number of nitrogens with one attached hydrogen (secondary N) is 1. The molecule has 17 heavy (non-hydrogen) atoms. The summed E-state index contributed by atoms with van der Waals surface area (Å²) in [4.78, 5) is 16.7. The second kappa shape index (κ2) is 5.16. The molecule has 1 aromatic heterocycles. The van der Waals surface area contributed by atoms with E-state index >= 15 is 0 Å². The molecule has 0 saturated heterocycles. The first kappa shape index (κ1) is 11.9. The molecule has 1 aromatic carbocycles. The number of hydrogen-bond donors (Lipinski definition) is 2. The number of carbonyl (C=O) groups is 1. The Morgan fingerprint density at radius 2 is 2.35 bits per heavy atom. The number of nitrogens with two attached hydrogens (primary N) is 1. The van der Waals surface area contributed by atoms with E-state index in [9.17, 15) is 4.79 Å². The molecule has 0 bridgehead atoms. The number of carbonyl (C=O) groups excluding carboxylic acids is 1. The van der Waals surface area contributed by atoms with Crippen LogP contribution in [-0.2, 0) is 6.54 Å². The standard InChI is InChI=1S/C11H10ClN3OS/c12-10-3-7(13)1-2-9(10)11(16)15-5-8-4-14-6-17-8/h1-4,6H,5,13H2,(H,15,16). The summed E-state index contributed by atoms with van der Waals surface area (Å²) in [6.45, 7) is 0.449. The topological polar surface area (TPSA) is 68.0 Å². The number of anilines is 1. The van der Waals surface area contributed by atoms with E-state index in [2.05, 4.69) is 10.3 Å². The molecule has 4 nitrogen and oxygen atoms in total. The molecule has 0 atom stereocenters. The van der Waals surface area contributed by atoms with Crippen molar-refractivity contribution < 1.29 is 4.79 Å². The van der Waals surface area contributed by atoms with Crippen molar-refractivity contribution in [3.63, 3.8) is 0 Å². The molecule has 3 N–H and O–H groups in total. The Labute approximate surface area is 107 Å².